The Kier molecular flexibility index (Phi) is 8.53. The van der Waals surface area contributed by atoms with Crippen LogP contribution in [0, 0.1) is 11.8 Å². The molecule has 0 unspecified atom stereocenters. The second kappa shape index (κ2) is 11.5. The lowest BCUT2D eigenvalue weighted by molar-refractivity contribution is -0.169. The van der Waals surface area contributed by atoms with Gasteiger partial charge in [0.05, 0.1) is 28.5 Å². The van der Waals surface area contributed by atoms with Gasteiger partial charge >= 0.3 is 5.97 Å². The van der Waals surface area contributed by atoms with Crippen LogP contribution in [-0.4, -0.2) is 109 Å². The van der Waals surface area contributed by atoms with E-state index < -0.39 is 108 Å². The van der Waals surface area contributed by atoms with Crippen molar-refractivity contribution in [3.05, 3.63) is 70.0 Å². The summed E-state index contributed by atoms with van der Waals surface area (Å²) < 4.78 is 29.8. The van der Waals surface area contributed by atoms with Gasteiger partial charge in [-0.05, 0) is 49.8 Å². The lowest BCUT2D eigenvalue weighted by Gasteiger charge is -2.53. The lowest BCUT2D eigenvalue weighted by atomic mass is 9.54. The number of fused-ring (bicyclic) bond motifs is 3. The Morgan fingerprint density at radius 3 is 2.13 bits per heavy atom. The molecule has 2 aromatic carbocycles. The molecule has 17 heteroatoms. The number of rotatable bonds is 4. The second-order valence-corrected chi connectivity index (χ2v) is 12.7. The monoisotopic (exact) mass is 662 g/mol. The first-order valence-corrected chi connectivity index (χ1v) is 14.8. The first kappa shape index (κ1) is 34.1. The summed E-state index contributed by atoms with van der Waals surface area (Å²) in [5, 5.41) is 72.4. The first-order chi connectivity index (χ1) is 21.2. The summed E-state index contributed by atoms with van der Waals surface area (Å²) in [6.45, 7) is 1.68. The van der Waals surface area contributed by atoms with Crippen molar-refractivity contribution in [2.75, 3.05) is 14.1 Å². The number of nitrogens with two attached hydrogens (primary N) is 1. The number of aromatic hydroxyl groups is 2. The highest BCUT2D eigenvalue weighted by Crippen LogP contribution is 2.55. The van der Waals surface area contributed by atoms with Crippen LogP contribution in [0.15, 0.2) is 58.2 Å². The molecule has 1 saturated carbocycles. The molecule has 0 heterocycles. The summed E-state index contributed by atoms with van der Waals surface area (Å²) in [4.78, 5) is 49.8. The van der Waals surface area contributed by atoms with Gasteiger partial charge in [0.1, 0.15) is 34.2 Å². The van der Waals surface area contributed by atoms with Crippen molar-refractivity contribution in [1.29, 1.82) is 0 Å². The molecule has 0 bridgehead atoms. The highest BCUT2D eigenvalue weighted by Gasteiger charge is 2.68. The van der Waals surface area contributed by atoms with Crippen LogP contribution in [0.1, 0.15) is 34.3 Å². The zero-order valence-electron chi connectivity index (χ0n) is 24.3. The summed E-state index contributed by atoms with van der Waals surface area (Å²) in [5.41, 5.74) is 0.885. The number of phenolic OH excluding ortho intramolecular Hbond substituents is 1. The highest BCUT2D eigenvalue weighted by atomic mass is 32.2. The van der Waals surface area contributed by atoms with Gasteiger partial charge in [-0.1, -0.05) is 19.1 Å². The largest absolute Gasteiger partial charge is 0.508 e. The minimum Gasteiger partial charge on any atom is -0.508 e. The minimum absolute atomic E-state index is 0.0245. The fraction of sp³-hybridized carbons (Fsp3) is 0.310. The van der Waals surface area contributed by atoms with Gasteiger partial charge in [0.25, 0.3) is 16.0 Å². The van der Waals surface area contributed by atoms with Crippen molar-refractivity contribution in [2.45, 2.75) is 35.5 Å². The minimum atomic E-state index is -4.45. The number of carboxylic acid groups (broad SMARTS) is 1. The van der Waals surface area contributed by atoms with Crippen LogP contribution in [0.2, 0.25) is 0 Å². The summed E-state index contributed by atoms with van der Waals surface area (Å²) in [7, 11) is -1.53. The predicted octanol–water partition coefficient (Wildman–Crippen LogP) is -0.167. The number of primary amides is 1. The Balaban J connectivity index is 0.000000288. The number of likely N-dealkylation sites (N-methyl/N-ethyl adjacent to an activating group) is 1. The molecule has 0 aliphatic heterocycles. The lowest BCUT2D eigenvalue weighted by Crippen LogP contribution is -2.70. The van der Waals surface area contributed by atoms with Crippen molar-refractivity contribution < 1.29 is 67.9 Å². The number of hydrogen-bond acceptors (Lipinski definition) is 13. The van der Waals surface area contributed by atoms with Crippen molar-refractivity contribution in [3.63, 3.8) is 0 Å². The Morgan fingerprint density at radius 2 is 1.61 bits per heavy atom. The molecular weight excluding hydrogens is 632 g/mol. The third-order valence-corrected chi connectivity index (χ3v) is 9.34. The Morgan fingerprint density at radius 1 is 1.00 bits per heavy atom. The molecule has 16 nitrogen and oxygen atoms in total. The zero-order valence-corrected chi connectivity index (χ0v) is 25.1. The number of Topliss-reactive ketones (excluding diaryl/α,β-unsaturated/α-hetero) is 2. The van der Waals surface area contributed by atoms with Crippen molar-refractivity contribution in [2.24, 2.45) is 17.6 Å². The molecule has 3 aliphatic carbocycles. The van der Waals surface area contributed by atoms with E-state index >= 15 is 0 Å². The second-order valence-electron chi connectivity index (χ2n) is 11.2. The number of carboxylic acids is 1. The number of carbonyl (C=O) groups excluding carboxylic acids is 3. The predicted molar refractivity (Wildman–Crippen MR) is 155 cm³/mol. The average molecular weight is 663 g/mol. The van der Waals surface area contributed by atoms with Gasteiger partial charge in [-0.25, -0.2) is 4.79 Å². The van der Waals surface area contributed by atoms with Crippen LogP contribution in [0.4, 0.5) is 0 Å². The highest BCUT2D eigenvalue weighted by molar-refractivity contribution is 7.85. The van der Waals surface area contributed by atoms with Gasteiger partial charge in [-0.2, -0.15) is 8.42 Å². The summed E-state index contributed by atoms with van der Waals surface area (Å²) in [6.07, 6.45) is -1.59. The van der Waals surface area contributed by atoms with E-state index in [1.807, 2.05) is 0 Å². The molecule has 0 aromatic heterocycles. The third kappa shape index (κ3) is 5.07. The number of nitrogens with zero attached hydrogens (tertiary/aromatic N) is 1. The van der Waals surface area contributed by atoms with Crippen molar-refractivity contribution in [1.82, 2.24) is 4.90 Å². The van der Waals surface area contributed by atoms with Crippen LogP contribution in [0.25, 0.3) is 5.76 Å². The van der Waals surface area contributed by atoms with E-state index in [9.17, 15) is 53.1 Å². The van der Waals surface area contributed by atoms with Crippen LogP contribution in [-0.2, 0) is 24.5 Å². The molecule has 46 heavy (non-hydrogen) atoms. The SMILES string of the molecule is C[C@H]1c2cccc(O)c2C(O)=C2C(=O)[C@]3(O)C(O)=C(C(N)=O)C(=O)[C@@H](N(C)C)[C@@H]3[C@@H](O)[C@@H]21.O=C(O)c1cc(S(=O)(=O)O)ccc1O. The number of aliphatic hydroxyl groups excluding tert-OH is 3. The van der Waals surface area contributed by atoms with Crippen LogP contribution in [0.5, 0.6) is 11.5 Å². The van der Waals surface area contributed by atoms with E-state index in [0.29, 0.717) is 11.6 Å². The number of aliphatic hydroxyl groups is 4. The van der Waals surface area contributed by atoms with Crippen molar-refractivity contribution >= 4 is 39.3 Å². The van der Waals surface area contributed by atoms with Crippen molar-refractivity contribution in [3.8, 4) is 11.5 Å². The Labute approximate surface area is 260 Å². The zero-order chi connectivity index (χ0) is 34.8. The van der Waals surface area contributed by atoms with Gasteiger partial charge in [0.15, 0.2) is 11.4 Å². The van der Waals surface area contributed by atoms with Gasteiger partial charge in [-0.15, -0.1) is 0 Å². The van der Waals surface area contributed by atoms with Crippen LogP contribution in [0.3, 0.4) is 0 Å². The molecule has 2 aromatic rings. The fourth-order valence-corrected chi connectivity index (χ4v) is 6.93. The number of amides is 1. The van der Waals surface area contributed by atoms with E-state index in [4.69, 9.17) is 20.5 Å². The van der Waals surface area contributed by atoms with E-state index in [1.165, 1.54) is 25.1 Å². The maximum absolute atomic E-state index is 13.7. The summed E-state index contributed by atoms with van der Waals surface area (Å²) >= 11 is 0. The summed E-state index contributed by atoms with van der Waals surface area (Å²) in [5.74, 6) is -10.9. The molecule has 6 atom stereocenters. The molecule has 1 amide bonds. The van der Waals surface area contributed by atoms with Gasteiger partial charge in [0.2, 0.25) is 5.78 Å². The molecule has 3 aliphatic rings. The van der Waals surface area contributed by atoms with Crippen LogP contribution < -0.4 is 5.73 Å². The quantitative estimate of drug-likeness (QED) is 0.152. The normalized spacial score (nSPS) is 27.3. The number of benzene rings is 2. The van der Waals surface area contributed by atoms with E-state index in [-0.39, 0.29) is 11.3 Å². The number of ketones is 2. The Hall–Kier alpha value is -4.81. The van der Waals surface area contributed by atoms with Crippen LogP contribution >= 0.6 is 0 Å². The van der Waals surface area contributed by atoms with E-state index in [1.54, 1.807) is 19.1 Å². The number of phenols is 2. The fourth-order valence-electron chi connectivity index (χ4n) is 6.42. The van der Waals surface area contributed by atoms with Gasteiger partial charge in [0, 0.05) is 11.5 Å². The molecule has 0 spiro atoms. The number of aromatic carboxylic acids is 1. The molecular formula is C29H30N2O14S. The molecule has 10 N–H and O–H groups in total. The number of carbonyl (C=O) groups is 4. The molecule has 0 radical (unpaired) electrons. The smallest absolute Gasteiger partial charge is 0.339 e. The van der Waals surface area contributed by atoms with E-state index in [0.717, 1.165) is 12.1 Å². The molecule has 1 fully saturated rings. The number of hydrogen-bond donors (Lipinski definition) is 9. The van der Waals surface area contributed by atoms with E-state index in [2.05, 4.69) is 0 Å². The topological polar surface area (TPSA) is 294 Å². The average Bonchev–Trinajstić information content (AvgIpc) is 2.94. The maximum atomic E-state index is 13.7. The van der Waals surface area contributed by atoms with Gasteiger partial charge < -0.3 is 41.5 Å². The molecule has 5 rings (SSSR count). The first-order valence-electron chi connectivity index (χ1n) is 13.4. The Bertz CT molecular complexity index is 1860. The maximum Gasteiger partial charge on any atom is 0.339 e. The van der Waals surface area contributed by atoms with Gasteiger partial charge in [-0.3, -0.25) is 23.8 Å². The summed E-state index contributed by atoms with van der Waals surface area (Å²) in [6, 6.07) is 5.59. The standard InChI is InChI=1S/C22H24N2O8.C7H6O6S/c1-7-8-5-4-6-9(25)11(8)16(26)12-10(7)17(27)14-15(24(2)3)18(28)13(21(23)31)20(30)22(14,32)19(12)29;8-6-2-1-4(14(11,12)13)3-5(6)7(9)10/h4-7,10,14-15,17,25-27,30,32H,1-3H3,(H2,23,31);1-3,8H,(H,9,10)(H,11,12,13)/t7-,10+,14+,15-,17-,22-;/m0./s1. The molecule has 246 valence electrons. The molecule has 0 saturated heterocycles. The third-order valence-electron chi connectivity index (χ3n) is 8.49.